The second-order valence-electron chi connectivity index (χ2n) is 4.78. The Morgan fingerprint density at radius 1 is 1.33 bits per heavy atom. The van der Waals surface area contributed by atoms with Crippen LogP contribution in [0, 0.1) is 0 Å². The topological polar surface area (TPSA) is 47.0 Å². The van der Waals surface area contributed by atoms with Crippen LogP contribution in [0.4, 0.5) is 5.13 Å². The predicted octanol–water partition coefficient (Wildman–Crippen LogP) is 3.25. The number of hydrogen-bond donors (Lipinski definition) is 1. The molecule has 0 bridgehead atoms. The van der Waals surface area contributed by atoms with Gasteiger partial charge in [-0.15, -0.1) is 0 Å². The molecule has 0 saturated heterocycles. The van der Waals surface area contributed by atoms with Gasteiger partial charge in [-0.2, -0.15) is 4.37 Å². The Hall–Kier alpha value is -0.680. The van der Waals surface area contributed by atoms with E-state index in [1.165, 1.54) is 43.6 Å². The van der Waals surface area contributed by atoms with Crippen molar-refractivity contribution in [2.24, 2.45) is 0 Å². The van der Waals surface area contributed by atoms with Gasteiger partial charge in [0, 0.05) is 31.1 Å². The summed E-state index contributed by atoms with van der Waals surface area (Å²) in [4.78, 5) is 4.37. The number of nitrogens with one attached hydrogen (secondary N) is 1. The fourth-order valence-corrected chi connectivity index (χ4v) is 2.89. The Balaban J connectivity index is 1.52. The SMILES string of the molecule is CCc1nsc(NCCCOC2CCCCC2)n1. The molecule has 0 spiro atoms. The Kier molecular flexibility index (Phi) is 5.87. The van der Waals surface area contributed by atoms with Gasteiger partial charge in [-0.25, -0.2) is 4.98 Å². The first-order valence-corrected chi connectivity index (χ1v) is 7.84. The van der Waals surface area contributed by atoms with E-state index in [1.54, 1.807) is 0 Å². The highest BCUT2D eigenvalue weighted by Gasteiger charge is 2.12. The number of aromatic nitrogens is 2. The molecule has 1 N–H and O–H groups in total. The highest BCUT2D eigenvalue weighted by molar-refractivity contribution is 7.09. The standard InChI is InChI=1S/C13H23N3OS/c1-2-12-15-13(18-16-12)14-9-6-10-17-11-7-4-3-5-8-11/h11H,2-10H2,1H3,(H,14,15,16). The third kappa shape index (κ3) is 4.53. The molecule has 5 heteroatoms. The quantitative estimate of drug-likeness (QED) is 0.772. The second kappa shape index (κ2) is 7.69. The first-order chi connectivity index (χ1) is 8.88. The molecule has 1 aliphatic rings. The molecule has 2 rings (SSSR count). The summed E-state index contributed by atoms with van der Waals surface area (Å²) in [5.74, 6) is 0.931. The maximum Gasteiger partial charge on any atom is 0.202 e. The van der Waals surface area contributed by atoms with E-state index >= 15 is 0 Å². The Morgan fingerprint density at radius 2 is 2.17 bits per heavy atom. The van der Waals surface area contributed by atoms with Crippen LogP contribution in [0.2, 0.25) is 0 Å². The van der Waals surface area contributed by atoms with E-state index in [0.717, 1.165) is 36.9 Å². The van der Waals surface area contributed by atoms with Crippen molar-refractivity contribution in [2.75, 3.05) is 18.5 Å². The monoisotopic (exact) mass is 269 g/mol. The van der Waals surface area contributed by atoms with Gasteiger partial charge in [0.15, 0.2) is 0 Å². The van der Waals surface area contributed by atoms with Crippen LogP contribution in [0.15, 0.2) is 0 Å². The van der Waals surface area contributed by atoms with Gasteiger partial charge >= 0.3 is 0 Å². The summed E-state index contributed by atoms with van der Waals surface area (Å²) in [6.07, 6.45) is 9.04. The highest BCUT2D eigenvalue weighted by atomic mass is 32.1. The average molecular weight is 269 g/mol. The molecule has 4 nitrogen and oxygen atoms in total. The van der Waals surface area contributed by atoms with Crippen LogP contribution in [-0.4, -0.2) is 28.6 Å². The molecule has 1 heterocycles. The molecule has 18 heavy (non-hydrogen) atoms. The summed E-state index contributed by atoms with van der Waals surface area (Å²) in [6.45, 7) is 3.85. The van der Waals surface area contributed by atoms with E-state index < -0.39 is 0 Å². The molecule has 0 radical (unpaired) electrons. The average Bonchev–Trinajstić information content (AvgIpc) is 2.87. The summed E-state index contributed by atoms with van der Waals surface area (Å²) < 4.78 is 10.1. The van der Waals surface area contributed by atoms with Crippen molar-refractivity contribution in [2.45, 2.75) is 58.0 Å². The van der Waals surface area contributed by atoms with Gasteiger partial charge in [0.2, 0.25) is 5.13 Å². The molecule has 1 aromatic heterocycles. The van der Waals surface area contributed by atoms with E-state index in [9.17, 15) is 0 Å². The third-order valence-corrected chi connectivity index (χ3v) is 4.00. The summed E-state index contributed by atoms with van der Waals surface area (Å²) in [5.41, 5.74) is 0. The van der Waals surface area contributed by atoms with Crippen molar-refractivity contribution in [1.82, 2.24) is 9.36 Å². The number of rotatable bonds is 7. The fraction of sp³-hybridized carbons (Fsp3) is 0.846. The van der Waals surface area contributed by atoms with Crippen LogP contribution in [0.3, 0.4) is 0 Å². The van der Waals surface area contributed by atoms with E-state index in [2.05, 4.69) is 21.6 Å². The van der Waals surface area contributed by atoms with Crippen LogP contribution in [0.25, 0.3) is 0 Å². The van der Waals surface area contributed by atoms with Crippen LogP contribution in [-0.2, 0) is 11.2 Å². The number of aryl methyl sites for hydroxylation is 1. The zero-order chi connectivity index (χ0) is 12.6. The largest absolute Gasteiger partial charge is 0.378 e. The fourth-order valence-electron chi connectivity index (χ4n) is 2.22. The predicted molar refractivity (Wildman–Crippen MR) is 75.2 cm³/mol. The van der Waals surface area contributed by atoms with E-state index in [-0.39, 0.29) is 0 Å². The lowest BCUT2D eigenvalue weighted by Crippen LogP contribution is -2.18. The zero-order valence-corrected chi connectivity index (χ0v) is 12.0. The Bertz CT molecular complexity index is 337. The summed E-state index contributed by atoms with van der Waals surface area (Å²) in [6, 6.07) is 0. The van der Waals surface area contributed by atoms with Crippen LogP contribution in [0.1, 0.15) is 51.3 Å². The smallest absolute Gasteiger partial charge is 0.202 e. The molecule has 0 atom stereocenters. The molecular weight excluding hydrogens is 246 g/mol. The molecule has 1 aromatic rings. The summed E-state index contributed by atoms with van der Waals surface area (Å²) >= 11 is 1.45. The van der Waals surface area contributed by atoms with Crippen molar-refractivity contribution in [3.63, 3.8) is 0 Å². The van der Waals surface area contributed by atoms with Crippen molar-refractivity contribution in [3.05, 3.63) is 5.82 Å². The molecule has 0 aliphatic heterocycles. The van der Waals surface area contributed by atoms with Gasteiger partial charge in [-0.3, -0.25) is 0 Å². The van der Waals surface area contributed by atoms with Gasteiger partial charge in [0.25, 0.3) is 0 Å². The first-order valence-electron chi connectivity index (χ1n) is 7.06. The minimum atomic E-state index is 0.520. The molecule has 0 amide bonds. The van der Waals surface area contributed by atoms with Crippen LogP contribution in [0.5, 0.6) is 0 Å². The van der Waals surface area contributed by atoms with Crippen LogP contribution >= 0.6 is 11.5 Å². The van der Waals surface area contributed by atoms with E-state index in [0.29, 0.717) is 6.10 Å². The molecule has 1 saturated carbocycles. The molecule has 0 aromatic carbocycles. The van der Waals surface area contributed by atoms with Crippen LogP contribution < -0.4 is 5.32 Å². The lowest BCUT2D eigenvalue weighted by atomic mass is 9.98. The van der Waals surface area contributed by atoms with Gasteiger partial charge in [-0.05, 0) is 19.3 Å². The number of ether oxygens (including phenoxy) is 1. The number of hydrogen-bond acceptors (Lipinski definition) is 5. The minimum absolute atomic E-state index is 0.520. The molecule has 0 unspecified atom stereocenters. The lowest BCUT2D eigenvalue weighted by molar-refractivity contribution is 0.0284. The number of nitrogens with zero attached hydrogens (tertiary/aromatic N) is 2. The maximum atomic E-state index is 5.87. The maximum absolute atomic E-state index is 5.87. The molecule has 1 aliphatic carbocycles. The Morgan fingerprint density at radius 3 is 2.89 bits per heavy atom. The number of anilines is 1. The van der Waals surface area contributed by atoms with Gasteiger partial charge in [0.1, 0.15) is 5.82 Å². The summed E-state index contributed by atoms with van der Waals surface area (Å²) in [7, 11) is 0. The molecular formula is C13H23N3OS. The van der Waals surface area contributed by atoms with E-state index in [1.807, 2.05) is 0 Å². The van der Waals surface area contributed by atoms with Crippen molar-refractivity contribution in [3.8, 4) is 0 Å². The second-order valence-corrected chi connectivity index (χ2v) is 5.53. The summed E-state index contributed by atoms with van der Waals surface area (Å²) in [5, 5.41) is 4.24. The lowest BCUT2D eigenvalue weighted by Gasteiger charge is -2.21. The van der Waals surface area contributed by atoms with Crippen molar-refractivity contribution in [1.29, 1.82) is 0 Å². The van der Waals surface area contributed by atoms with E-state index in [4.69, 9.17) is 4.74 Å². The Labute approximate surface area is 113 Å². The third-order valence-electron chi connectivity index (χ3n) is 3.29. The van der Waals surface area contributed by atoms with Gasteiger partial charge < -0.3 is 10.1 Å². The first kappa shape index (κ1) is 13.7. The van der Waals surface area contributed by atoms with Crippen molar-refractivity contribution >= 4 is 16.7 Å². The van der Waals surface area contributed by atoms with Gasteiger partial charge in [0.05, 0.1) is 6.10 Å². The molecule has 102 valence electrons. The zero-order valence-electron chi connectivity index (χ0n) is 11.2. The highest BCUT2D eigenvalue weighted by Crippen LogP contribution is 2.20. The minimum Gasteiger partial charge on any atom is -0.378 e. The van der Waals surface area contributed by atoms with Crippen molar-refractivity contribution < 1.29 is 4.74 Å². The molecule has 1 fully saturated rings. The van der Waals surface area contributed by atoms with Gasteiger partial charge in [-0.1, -0.05) is 26.2 Å². The normalized spacial score (nSPS) is 16.9.